The number of nitrogens with zero attached hydrogens (tertiary/aromatic N) is 3. The first-order valence-corrected chi connectivity index (χ1v) is 6.78. The zero-order chi connectivity index (χ0) is 16.7. The molecule has 0 spiro atoms. The number of hydrogen-bond acceptors (Lipinski definition) is 5. The number of hydrogen-bond donors (Lipinski definition) is 1. The van der Waals surface area contributed by atoms with E-state index in [9.17, 15) is 22.4 Å². The third kappa shape index (κ3) is 3.26. The molecule has 0 aromatic carbocycles. The van der Waals surface area contributed by atoms with Gasteiger partial charge in [0, 0.05) is 24.4 Å². The highest BCUT2D eigenvalue weighted by Crippen LogP contribution is 2.29. The third-order valence-electron chi connectivity index (χ3n) is 3.57. The van der Waals surface area contributed by atoms with Crippen LogP contribution in [0, 0.1) is 0 Å². The van der Waals surface area contributed by atoms with Crippen molar-refractivity contribution >= 4 is 0 Å². The van der Waals surface area contributed by atoms with Crippen LogP contribution in [0.4, 0.5) is 17.6 Å². The largest absolute Gasteiger partial charge is 0.471 e. The van der Waals surface area contributed by atoms with Crippen LogP contribution in [-0.2, 0) is 12.7 Å². The second-order valence-electron chi connectivity index (χ2n) is 5.38. The molecule has 2 aromatic rings. The fourth-order valence-electron chi connectivity index (χ4n) is 2.39. The van der Waals surface area contributed by atoms with E-state index in [1.807, 2.05) is 0 Å². The Bertz CT molecular complexity index is 762. The van der Waals surface area contributed by atoms with Crippen LogP contribution in [0.25, 0.3) is 11.4 Å². The zero-order valence-corrected chi connectivity index (χ0v) is 11.7. The zero-order valence-electron chi connectivity index (χ0n) is 11.7. The van der Waals surface area contributed by atoms with Crippen LogP contribution in [0.3, 0.4) is 0 Å². The Balaban J connectivity index is 1.84. The average molecular weight is 332 g/mol. The minimum absolute atomic E-state index is 0.0722. The molecule has 0 bridgehead atoms. The van der Waals surface area contributed by atoms with Crippen molar-refractivity contribution < 1.29 is 22.1 Å². The van der Waals surface area contributed by atoms with E-state index in [4.69, 9.17) is 0 Å². The van der Waals surface area contributed by atoms with Gasteiger partial charge in [-0.05, 0) is 19.0 Å². The van der Waals surface area contributed by atoms with Crippen molar-refractivity contribution in [2.75, 3.05) is 13.1 Å². The van der Waals surface area contributed by atoms with Gasteiger partial charge in [-0.3, -0.25) is 4.79 Å². The molecule has 10 heteroatoms. The number of alkyl halides is 4. The van der Waals surface area contributed by atoms with E-state index >= 15 is 0 Å². The van der Waals surface area contributed by atoms with Gasteiger partial charge in [0.15, 0.2) is 0 Å². The summed E-state index contributed by atoms with van der Waals surface area (Å²) in [5, 5.41) is 6.08. The van der Waals surface area contributed by atoms with Gasteiger partial charge in [-0.25, -0.2) is 4.39 Å². The Morgan fingerprint density at radius 3 is 2.78 bits per heavy atom. The molecule has 1 atom stereocenters. The second kappa shape index (κ2) is 5.44. The summed E-state index contributed by atoms with van der Waals surface area (Å²) in [4.78, 5) is 15.2. The molecule has 1 unspecified atom stereocenters. The van der Waals surface area contributed by atoms with Crippen LogP contribution in [0.1, 0.15) is 12.3 Å². The summed E-state index contributed by atoms with van der Waals surface area (Å²) in [5.74, 6) is -1.84. The smallest absolute Gasteiger partial charge is 0.329 e. The molecule has 3 heterocycles. The molecule has 2 aromatic heterocycles. The lowest BCUT2D eigenvalue weighted by Gasteiger charge is -2.19. The quantitative estimate of drug-likeness (QED) is 0.865. The Morgan fingerprint density at radius 2 is 2.22 bits per heavy atom. The fraction of sp³-hybridized carbons (Fsp3) is 0.462. The van der Waals surface area contributed by atoms with Crippen LogP contribution < -0.4 is 10.9 Å². The number of pyridine rings is 1. The van der Waals surface area contributed by atoms with Crippen LogP contribution in [0.5, 0.6) is 0 Å². The fourth-order valence-corrected chi connectivity index (χ4v) is 2.39. The first-order chi connectivity index (χ1) is 10.8. The lowest BCUT2D eigenvalue weighted by molar-refractivity contribution is -0.159. The molecule has 1 aliphatic heterocycles. The maximum Gasteiger partial charge on any atom is 0.471 e. The van der Waals surface area contributed by atoms with E-state index in [1.54, 1.807) is 0 Å². The van der Waals surface area contributed by atoms with Gasteiger partial charge in [0.25, 0.3) is 5.56 Å². The maximum atomic E-state index is 14.3. The van der Waals surface area contributed by atoms with E-state index < -0.39 is 23.3 Å². The summed E-state index contributed by atoms with van der Waals surface area (Å²) in [6.07, 6.45) is -3.15. The number of halogens is 4. The average Bonchev–Trinajstić information content (AvgIpc) is 3.10. The SMILES string of the molecule is O=c1cc(-c2noc(C(F)(F)F)n2)ccn1CC1(F)CCNC1. The van der Waals surface area contributed by atoms with Crippen molar-refractivity contribution in [2.45, 2.75) is 24.8 Å². The minimum atomic E-state index is -4.75. The van der Waals surface area contributed by atoms with E-state index in [-0.39, 0.29) is 24.5 Å². The molecule has 124 valence electrons. The van der Waals surface area contributed by atoms with Crippen LogP contribution in [0.15, 0.2) is 27.6 Å². The van der Waals surface area contributed by atoms with Crippen molar-refractivity contribution in [3.05, 3.63) is 34.6 Å². The van der Waals surface area contributed by atoms with Gasteiger partial charge in [-0.15, -0.1) is 0 Å². The van der Waals surface area contributed by atoms with Crippen LogP contribution in [0.2, 0.25) is 0 Å². The summed E-state index contributed by atoms with van der Waals surface area (Å²) in [6, 6.07) is 2.40. The highest BCUT2D eigenvalue weighted by molar-refractivity contribution is 5.52. The van der Waals surface area contributed by atoms with Gasteiger partial charge < -0.3 is 14.4 Å². The molecule has 1 aliphatic rings. The maximum absolute atomic E-state index is 14.3. The Morgan fingerprint density at radius 1 is 1.43 bits per heavy atom. The minimum Gasteiger partial charge on any atom is -0.329 e. The van der Waals surface area contributed by atoms with Crippen molar-refractivity contribution in [2.24, 2.45) is 0 Å². The normalized spacial score (nSPS) is 21.7. The number of rotatable bonds is 3. The van der Waals surface area contributed by atoms with E-state index in [0.717, 1.165) is 6.07 Å². The molecule has 1 fully saturated rings. The van der Waals surface area contributed by atoms with Gasteiger partial charge in [0.1, 0.15) is 5.67 Å². The molecule has 0 radical (unpaired) electrons. The van der Waals surface area contributed by atoms with Gasteiger partial charge in [0.05, 0.1) is 6.54 Å². The van der Waals surface area contributed by atoms with Crippen molar-refractivity contribution in [1.82, 2.24) is 20.0 Å². The van der Waals surface area contributed by atoms with E-state index in [1.165, 1.54) is 16.8 Å². The molecular weight excluding hydrogens is 320 g/mol. The Hall–Kier alpha value is -2.23. The van der Waals surface area contributed by atoms with Crippen LogP contribution in [-0.4, -0.2) is 33.5 Å². The molecule has 1 saturated heterocycles. The molecule has 23 heavy (non-hydrogen) atoms. The van der Waals surface area contributed by atoms with Crippen molar-refractivity contribution in [3.8, 4) is 11.4 Å². The van der Waals surface area contributed by atoms with Gasteiger partial charge in [0.2, 0.25) is 5.82 Å². The lowest BCUT2D eigenvalue weighted by atomic mass is 10.1. The highest BCUT2D eigenvalue weighted by Gasteiger charge is 2.38. The standard InChI is InChI=1S/C13H12F4N4O2/c14-12(2-3-18-6-12)7-21-4-1-8(5-9(21)22)10-19-11(23-20-10)13(15,16)17/h1,4-5,18H,2-3,6-7H2. The Kier molecular flexibility index (Phi) is 3.71. The predicted octanol–water partition coefficient (Wildman–Crippen LogP) is 1.62. The lowest BCUT2D eigenvalue weighted by Crippen LogP contribution is -2.35. The highest BCUT2D eigenvalue weighted by atomic mass is 19.4. The summed E-state index contributed by atoms with van der Waals surface area (Å²) in [5.41, 5.74) is -1.99. The van der Waals surface area contributed by atoms with Gasteiger partial charge in [-0.1, -0.05) is 5.16 Å². The molecule has 6 nitrogen and oxygen atoms in total. The summed E-state index contributed by atoms with van der Waals surface area (Å²) in [6.45, 7) is 0.562. The number of nitrogens with one attached hydrogen (secondary N) is 1. The molecule has 1 N–H and O–H groups in total. The van der Waals surface area contributed by atoms with E-state index in [0.29, 0.717) is 13.0 Å². The summed E-state index contributed by atoms with van der Waals surface area (Å²) >= 11 is 0. The third-order valence-corrected chi connectivity index (χ3v) is 3.57. The number of aromatic nitrogens is 3. The summed E-state index contributed by atoms with van der Waals surface area (Å²) < 4.78 is 56.9. The first-order valence-electron chi connectivity index (χ1n) is 6.78. The monoisotopic (exact) mass is 332 g/mol. The molecular formula is C13H12F4N4O2. The van der Waals surface area contributed by atoms with Crippen molar-refractivity contribution in [1.29, 1.82) is 0 Å². The molecule has 0 saturated carbocycles. The topological polar surface area (TPSA) is 73.0 Å². The summed E-state index contributed by atoms with van der Waals surface area (Å²) in [7, 11) is 0. The van der Waals surface area contributed by atoms with E-state index in [2.05, 4.69) is 20.0 Å². The van der Waals surface area contributed by atoms with Gasteiger partial charge >= 0.3 is 12.1 Å². The van der Waals surface area contributed by atoms with Crippen LogP contribution >= 0.6 is 0 Å². The molecule has 0 amide bonds. The van der Waals surface area contributed by atoms with Gasteiger partial charge in [-0.2, -0.15) is 18.2 Å². The second-order valence-corrected chi connectivity index (χ2v) is 5.38. The first kappa shape index (κ1) is 15.7. The molecule has 0 aliphatic carbocycles. The molecule has 3 rings (SSSR count). The Labute approximate surface area is 127 Å². The predicted molar refractivity (Wildman–Crippen MR) is 70.3 cm³/mol. The van der Waals surface area contributed by atoms with Crippen molar-refractivity contribution in [3.63, 3.8) is 0 Å².